The lowest BCUT2D eigenvalue weighted by atomic mass is 9.95. The minimum absolute atomic E-state index is 0.651. The van der Waals surface area contributed by atoms with Crippen LogP contribution < -0.4 is 5.32 Å². The third-order valence-electron chi connectivity index (χ3n) is 2.94. The summed E-state index contributed by atoms with van der Waals surface area (Å²) in [7, 11) is 0. The van der Waals surface area contributed by atoms with Crippen LogP contribution in [0.4, 0.5) is 5.82 Å². The molecule has 14 heavy (non-hydrogen) atoms. The molecule has 0 radical (unpaired) electrons. The number of nitrogens with zero attached hydrogens (tertiary/aromatic N) is 2. The lowest BCUT2D eigenvalue weighted by Gasteiger charge is -2.27. The maximum Gasteiger partial charge on any atom is 0.143 e. The van der Waals surface area contributed by atoms with E-state index in [-0.39, 0.29) is 0 Å². The molecule has 0 saturated carbocycles. The Hall–Kier alpha value is -0.700. The predicted molar refractivity (Wildman–Crippen MR) is 58.8 cm³/mol. The van der Waals surface area contributed by atoms with E-state index in [0.717, 1.165) is 29.6 Å². The van der Waals surface area contributed by atoms with Crippen molar-refractivity contribution < 1.29 is 0 Å². The molecule has 0 amide bonds. The van der Waals surface area contributed by atoms with Gasteiger partial charge in [0.1, 0.15) is 10.8 Å². The molecular weight excluding hydrogens is 198 g/mol. The molecule has 3 nitrogen and oxygen atoms in total. The van der Waals surface area contributed by atoms with Crippen molar-refractivity contribution in [3.8, 4) is 0 Å². The van der Waals surface area contributed by atoms with E-state index in [0.29, 0.717) is 11.8 Å². The zero-order valence-corrected chi connectivity index (χ0v) is 9.60. The van der Waals surface area contributed by atoms with Crippen LogP contribution in [-0.4, -0.2) is 16.3 Å². The highest BCUT2D eigenvalue weighted by Gasteiger charge is 2.24. The first-order chi connectivity index (χ1) is 6.59. The fourth-order valence-electron chi connectivity index (χ4n) is 1.82. The lowest BCUT2D eigenvalue weighted by molar-refractivity contribution is 0.322. The van der Waals surface area contributed by atoms with Crippen molar-refractivity contribution in [3.05, 3.63) is 10.7 Å². The largest absolute Gasteiger partial charge is 0.369 e. The molecule has 0 aromatic carbocycles. The molecule has 1 aliphatic rings. The van der Waals surface area contributed by atoms with E-state index >= 15 is 0 Å². The average Bonchev–Trinajstić information content (AvgIpc) is 2.42. The molecule has 2 rings (SSSR count). The molecular formula is C10H16ClN3. The van der Waals surface area contributed by atoms with Crippen LogP contribution in [0.25, 0.3) is 0 Å². The van der Waals surface area contributed by atoms with Gasteiger partial charge in [0.15, 0.2) is 0 Å². The van der Waals surface area contributed by atoms with Gasteiger partial charge in [0.05, 0.1) is 5.69 Å². The van der Waals surface area contributed by atoms with Crippen molar-refractivity contribution in [3.63, 3.8) is 0 Å². The molecule has 1 aliphatic heterocycles. The molecule has 1 unspecified atom stereocenters. The Morgan fingerprint density at radius 3 is 2.93 bits per heavy atom. The monoisotopic (exact) mass is 213 g/mol. The number of fused-ring (bicyclic) bond motifs is 1. The summed E-state index contributed by atoms with van der Waals surface area (Å²) < 4.78 is 1.99. The highest BCUT2D eigenvalue weighted by Crippen LogP contribution is 2.30. The van der Waals surface area contributed by atoms with Gasteiger partial charge in [0.25, 0.3) is 0 Å². The second-order valence-electron chi connectivity index (χ2n) is 4.32. The molecule has 4 heteroatoms. The van der Waals surface area contributed by atoms with Gasteiger partial charge in [-0.05, 0) is 18.8 Å². The Balaban J connectivity index is 2.27. The van der Waals surface area contributed by atoms with E-state index in [1.807, 2.05) is 11.6 Å². The van der Waals surface area contributed by atoms with Crippen LogP contribution in [-0.2, 0) is 6.54 Å². The molecule has 78 valence electrons. The summed E-state index contributed by atoms with van der Waals surface area (Å²) in [5.74, 6) is 2.32. The quantitative estimate of drug-likeness (QED) is 0.777. The standard InChI is InChI=1S/C10H16ClN3/c1-6(2)8-4-12-10-9(11)7(3)13-14(10)5-8/h6,8,12H,4-5H2,1-3H3. The summed E-state index contributed by atoms with van der Waals surface area (Å²) in [6, 6.07) is 0. The maximum absolute atomic E-state index is 6.11. The van der Waals surface area contributed by atoms with Crippen molar-refractivity contribution in [2.45, 2.75) is 27.3 Å². The third kappa shape index (κ3) is 1.50. The minimum atomic E-state index is 0.651. The number of rotatable bonds is 1. The summed E-state index contributed by atoms with van der Waals surface area (Å²) in [6.07, 6.45) is 0. The number of hydrogen-bond donors (Lipinski definition) is 1. The predicted octanol–water partition coefficient (Wildman–Crippen LogP) is 2.54. The van der Waals surface area contributed by atoms with E-state index < -0.39 is 0 Å². The van der Waals surface area contributed by atoms with Crippen LogP contribution in [0.3, 0.4) is 0 Å². The number of anilines is 1. The summed E-state index contributed by atoms with van der Waals surface area (Å²) in [5.41, 5.74) is 0.915. The number of aryl methyl sites for hydroxylation is 1. The first-order valence-corrected chi connectivity index (χ1v) is 5.44. The van der Waals surface area contributed by atoms with Gasteiger partial charge < -0.3 is 5.32 Å². The molecule has 1 aromatic heterocycles. The number of nitrogens with one attached hydrogen (secondary N) is 1. The van der Waals surface area contributed by atoms with Gasteiger partial charge in [-0.15, -0.1) is 0 Å². The zero-order valence-electron chi connectivity index (χ0n) is 8.84. The molecule has 2 heterocycles. The summed E-state index contributed by atoms with van der Waals surface area (Å²) >= 11 is 6.11. The first kappa shape index (κ1) is 9.84. The maximum atomic E-state index is 6.11. The Bertz CT molecular complexity index is 343. The van der Waals surface area contributed by atoms with Crippen molar-refractivity contribution in [2.75, 3.05) is 11.9 Å². The van der Waals surface area contributed by atoms with E-state index in [4.69, 9.17) is 11.6 Å². The van der Waals surface area contributed by atoms with Gasteiger partial charge in [-0.3, -0.25) is 0 Å². The van der Waals surface area contributed by atoms with Gasteiger partial charge in [0, 0.05) is 13.1 Å². The van der Waals surface area contributed by atoms with E-state index in [1.54, 1.807) is 0 Å². The number of halogens is 1. The average molecular weight is 214 g/mol. The van der Waals surface area contributed by atoms with Crippen LogP contribution in [0.5, 0.6) is 0 Å². The minimum Gasteiger partial charge on any atom is -0.369 e. The van der Waals surface area contributed by atoms with E-state index in [1.165, 1.54) is 0 Å². The molecule has 0 saturated heterocycles. The second-order valence-corrected chi connectivity index (χ2v) is 4.69. The Morgan fingerprint density at radius 1 is 1.57 bits per heavy atom. The fourth-order valence-corrected chi connectivity index (χ4v) is 2.02. The van der Waals surface area contributed by atoms with Crippen LogP contribution in [0, 0.1) is 18.8 Å². The zero-order chi connectivity index (χ0) is 10.3. The number of aromatic nitrogens is 2. The summed E-state index contributed by atoms with van der Waals surface area (Å²) in [6.45, 7) is 8.42. The van der Waals surface area contributed by atoms with Gasteiger partial charge in [-0.2, -0.15) is 5.10 Å². The summed E-state index contributed by atoms with van der Waals surface area (Å²) in [4.78, 5) is 0. The van der Waals surface area contributed by atoms with Crippen molar-refractivity contribution >= 4 is 17.4 Å². The van der Waals surface area contributed by atoms with Gasteiger partial charge >= 0.3 is 0 Å². The first-order valence-electron chi connectivity index (χ1n) is 5.06. The van der Waals surface area contributed by atoms with E-state index in [9.17, 15) is 0 Å². The summed E-state index contributed by atoms with van der Waals surface area (Å²) in [5, 5.41) is 8.53. The number of hydrogen-bond acceptors (Lipinski definition) is 2. The molecule has 0 fully saturated rings. The fraction of sp³-hybridized carbons (Fsp3) is 0.700. The highest BCUT2D eigenvalue weighted by atomic mass is 35.5. The van der Waals surface area contributed by atoms with E-state index in [2.05, 4.69) is 24.3 Å². The second kappa shape index (κ2) is 3.46. The van der Waals surface area contributed by atoms with Gasteiger partial charge in [-0.1, -0.05) is 25.4 Å². The Morgan fingerprint density at radius 2 is 2.29 bits per heavy atom. The Labute approximate surface area is 89.4 Å². The highest BCUT2D eigenvalue weighted by molar-refractivity contribution is 6.33. The van der Waals surface area contributed by atoms with Crippen molar-refractivity contribution in [1.82, 2.24) is 9.78 Å². The molecule has 1 aromatic rings. The van der Waals surface area contributed by atoms with Crippen LogP contribution in [0.2, 0.25) is 5.02 Å². The third-order valence-corrected chi connectivity index (χ3v) is 3.39. The Kier molecular flexibility index (Phi) is 2.43. The SMILES string of the molecule is Cc1nn2c(c1Cl)NCC(C(C)C)C2. The topological polar surface area (TPSA) is 29.9 Å². The van der Waals surface area contributed by atoms with Crippen LogP contribution in [0.1, 0.15) is 19.5 Å². The van der Waals surface area contributed by atoms with Crippen LogP contribution >= 0.6 is 11.6 Å². The normalized spacial score (nSPS) is 20.8. The van der Waals surface area contributed by atoms with Crippen LogP contribution in [0.15, 0.2) is 0 Å². The smallest absolute Gasteiger partial charge is 0.143 e. The molecule has 1 atom stereocenters. The molecule has 0 aliphatic carbocycles. The molecule has 0 spiro atoms. The van der Waals surface area contributed by atoms with Gasteiger partial charge in [0.2, 0.25) is 0 Å². The van der Waals surface area contributed by atoms with Gasteiger partial charge in [-0.25, -0.2) is 4.68 Å². The lowest BCUT2D eigenvalue weighted by Crippen LogP contribution is -2.31. The van der Waals surface area contributed by atoms with Crippen molar-refractivity contribution in [2.24, 2.45) is 11.8 Å². The van der Waals surface area contributed by atoms with Crippen molar-refractivity contribution in [1.29, 1.82) is 0 Å². The molecule has 0 bridgehead atoms. The molecule has 1 N–H and O–H groups in total.